The second kappa shape index (κ2) is 15.4. The number of morpholine rings is 1. The monoisotopic (exact) mass is 672 g/mol. The Balaban J connectivity index is 1.35. The summed E-state index contributed by atoms with van der Waals surface area (Å²) < 4.78 is 4.77. The Hall–Kier alpha value is -3.44. The predicted octanol–water partition coefficient (Wildman–Crippen LogP) is 3.24. The molecule has 4 aliphatic rings. The van der Waals surface area contributed by atoms with Crippen molar-refractivity contribution in [2.75, 3.05) is 59.1 Å². The number of likely N-dealkylation sites (tertiary alicyclic amines) is 1. The van der Waals surface area contributed by atoms with Crippen molar-refractivity contribution in [2.24, 2.45) is 11.8 Å². The highest BCUT2D eigenvalue weighted by atomic mass is 32.2. The summed E-state index contributed by atoms with van der Waals surface area (Å²) in [5.74, 6) is -1.60. The van der Waals surface area contributed by atoms with Gasteiger partial charge in [0.1, 0.15) is 6.04 Å². The number of fused-ring (bicyclic) bond motifs is 1. The topological polar surface area (TPSA) is 93.6 Å². The van der Waals surface area contributed by atoms with Crippen LogP contribution in [0.2, 0.25) is 0 Å². The highest BCUT2D eigenvalue weighted by Crippen LogP contribution is 2.67. The van der Waals surface area contributed by atoms with Crippen molar-refractivity contribution >= 4 is 29.5 Å². The molecular weight excluding hydrogens is 625 g/mol. The van der Waals surface area contributed by atoms with Gasteiger partial charge in [-0.05, 0) is 30.4 Å². The molecule has 2 bridgehead atoms. The van der Waals surface area contributed by atoms with Gasteiger partial charge in [0.05, 0.1) is 42.4 Å². The summed E-state index contributed by atoms with van der Waals surface area (Å²) in [5.41, 5.74) is 1.99. The lowest BCUT2D eigenvalue weighted by molar-refractivity contribution is -0.147. The lowest BCUT2D eigenvalue weighted by Crippen LogP contribution is -2.58. The number of thioether (sulfide) groups is 1. The summed E-state index contributed by atoms with van der Waals surface area (Å²) in [6.45, 7) is 12.9. The average molecular weight is 673 g/mol. The molecule has 0 aliphatic carbocycles. The molecule has 1 N–H and O–H groups in total. The summed E-state index contributed by atoms with van der Waals surface area (Å²) in [6, 6.07) is 18.2. The molecule has 2 unspecified atom stereocenters. The zero-order valence-corrected chi connectivity index (χ0v) is 28.5. The van der Waals surface area contributed by atoms with Gasteiger partial charge >= 0.3 is 0 Å². The van der Waals surface area contributed by atoms with E-state index in [0.717, 1.165) is 30.6 Å². The van der Waals surface area contributed by atoms with Gasteiger partial charge in [-0.15, -0.1) is 24.9 Å². The zero-order valence-electron chi connectivity index (χ0n) is 27.7. The standard InChI is InChI=1S/C38H48N4O5S/c1-3-17-40(20-19-39-21-23-47-24-22-39)37(46)34-38-16-15-31(48-38)32(35(44)41(18-4-2)26-29-13-9-6-10-14-29)33(38)36(45)42(34)30(27-43)25-28-11-7-5-8-12-28/h3-14,30-34,43H,1-2,15-27H2/t30-,31-,32+,33+,34?,38?/m1/s1. The van der Waals surface area contributed by atoms with E-state index in [-0.39, 0.29) is 29.6 Å². The minimum Gasteiger partial charge on any atom is -0.394 e. The fraction of sp³-hybridized carbons (Fsp3) is 0.500. The van der Waals surface area contributed by atoms with Crippen molar-refractivity contribution in [1.82, 2.24) is 19.6 Å². The Kier molecular flexibility index (Phi) is 11.1. The minimum atomic E-state index is -0.796. The number of carbonyl (C=O) groups is 3. The Morgan fingerprint density at radius 1 is 0.979 bits per heavy atom. The van der Waals surface area contributed by atoms with Gasteiger partial charge in [0.15, 0.2) is 0 Å². The number of benzene rings is 2. The molecule has 4 fully saturated rings. The number of aliphatic hydroxyl groups is 1. The summed E-state index contributed by atoms with van der Waals surface area (Å²) in [7, 11) is 0. The molecule has 1 spiro atoms. The third-order valence-corrected chi connectivity index (χ3v) is 12.5. The number of aliphatic hydroxyl groups excluding tert-OH is 1. The molecule has 0 aromatic heterocycles. The van der Waals surface area contributed by atoms with Crippen molar-refractivity contribution in [3.8, 4) is 0 Å². The molecule has 0 saturated carbocycles. The number of hydrogen-bond donors (Lipinski definition) is 1. The summed E-state index contributed by atoms with van der Waals surface area (Å²) in [5, 5.41) is 10.8. The van der Waals surface area contributed by atoms with Gasteiger partial charge in [0, 0.05) is 51.1 Å². The molecule has 9 nitrogen and oxygen atoms in total. The number of rotatable bonds is 15. The van der Waals surface area contributed by atoms with Crippen molar-refractivity contribution < 1.29 is 24.2 Å². The first kappa shape index (κ1) is 34.4. The van der Waals surface area contributed by atoms with Crippen LogP contribution in [-0.2, 0) is 32.1 Å². The second-order valence-corrected chi connectivity index (χ2v) is 14.9. The van der Waals surface area contributed by atoms with Crippen molar-refractivity contribution in [3.05, 3.63) is 97.1 Å². The van der Waals surface area contributed by atoms with E-state index >= 15 is 0 Å². The van der Waals surface area contributed by atoms with Gasteiger partial charge in [-0.25, -0.2) is 0 Å². The maximum absolute atomic E-state index is 15.0. The Labute approximate surface area is 288 Å². The first-order valence-electron chi connectivity index (χ1n) is 17.2. The smallest absolute Gasteiger partial charge is 0.247 e. The maximum atomic E-state index is 15.0. The van der Waals surface area contributed by atoms with Gasteiger partial charge in [-0.3, -0.25) is 19.3 Å². The van der Waals surface area contributed by atoms with Crippen LogP contribution < -0.4 is 0 Å². The lowest BCUT2D eigenvalue weighted by atomic mass is 9.70. The van der Waals surface area contributed by atoms with E-state index in [4.69, 9.17) is 4.74 Å². The Morgan fingerprint density at radius 3 is 2.27 bits per heavy atom. The number of amides is 3. The van der Waals surface area contributed by atoms with E-state index in [1.165, 1.54) is 0 Å². The molecule has 4 heterocycles. The summed E-state index contributed by atoms with van der Waals surface area (Å²) >= 11 is 1.67. The molecule has 256 valence electrons. The predicted molar refractivity (Wildman–Crippen MR) is 188 cm³/mol. The molecule has 6 atom stereocenters. The van der Waals surface area contributed by atoms with Crippen LogP contribution in [0.5, 0.6) is 0 Å². The van der Waals surface area contributed by atoms with E-state index in [1.54, 1.807) is 33.7 Å². The molecule has 6 rings (SSSR count). The molecule has 48 heavy (non-hydrogen) atoms. The van der Waals surface area contributed by atoms with Crippen LogP contribution in [0.25, 0.3) is 0 Å². The van der Waals surface area contributed by atoms with Crippen LogP contribution in [0.3, 0.4) is 0 Å². The molecule has 4 aliphatic heterocycles. The van der Waals surface area contributed by atoms with Crippen LogP contribution in [-0.4, -0.2) is 124 Å². The first-order chi connectivity index (χ1) is 23.4. The highest BCUT2D eigenvalue weighted by Gasteiger charge is 2.74. The number of hydrogen-bond acceptors (Lipinski definition) is 7. The third kappa shape index (κ3) is 6.72. The van der Waals surface area contributed by atoms with Crippen molar-refractivity contribution in [1.29, 1.82) is 0 Å². The van der Waals surface area contributed by atoms with Crippen molar-refractivity contribution in [3.63, 3.8) is 0 Å². The molecule has 0 radical (unpaired) electrons. The first-order valence-corrected chi connectivity index (χ1v) is 18.1. The van der Waals surface area contributed by atoms with Gasteiger partial charge in [0.25, 0.3) is 0 Å². The second-order valence-electron chi connectivity index (χ2n) is 13.3. The largest absolute Gasteiger partial charge is 0.394 e. The van der Waals surface area contributed by atoms with E-state index in [1.807, 2.05) is 65.6 Å². The van der Waals surface area contributed by atoms with Crippen molar-refractivity contribution in [2.45, 2.75) is 47.9 Å². The fourth-order valence-electron chi connectivity index (χ4n) is 8.29. The highest BCUT2D eigenvalue weighted by molar-refractivity contribution is 8.02. The van der Waals surface area contributed by atoms with Crippen LogP contribution in [0.4, 0.5) is 0 Å². The molecule has 10 heteroatoms. The Morgan fingerprint density at radius 2 is 1.62 bits per heavy atom. The fourth-order valence-corrected chi connectivity index (χ4v) is 10.5. The number of ether oxygens (including phenoxy) is 1. The van der Waals surface area contributed by atoms with Gasteiger partial charge < -0.3 is 24.5 Å². The van der Waals surface area contributed by atoms with Gasteiger partial charge in [0.2, 0.25) is 17.7 Å². The van der Waals surface area contributed by atoms with Crippen LogP contribution >= 0.6 is 11.8 Å². The summed E-state index contributed by atoms with van der Waals surface area (Å²) in [6.07, 6.45) is 5.31. The van der Waals surface area contributed by atoms with E-state index in [0.29, 0.717) is 58.8 Å². The number of carbonyl (C=O) groups excluding carboxylic acids is 3. The average Bonchev–Trinajstić information content (AvgIpc) is 3.77. The molecule has 2 aromatic carbocycles. The molecular formula is C38H48N4O5S. The van der Waals surface area contributed by atoms with Crippen LogP contribution in [0.1, 0.15) is 24.0 Å². The normalized spacial score (nSPS) is 27.0. The van der Waals surface area contributed by atoms with E-state index in [2.05, 4.69) is 18.1 Å². The van der Waals surface area contributed by atoms with E-state index in [9.17, 15) is 19.5 Å². The molecule has 4 saturated heterocycles. The van der Waals surface area contributed by atoms with E-state index < -0.39 is 28.7 Å². The quantitative estimate of drug-likeness (QED) is 0.291. The van der Waals surface area contributed by atoms with Crippen LogP contribution in [0, 0.1) is 11.8 Å². The van der Waals surface area contributed by atoms with Gasteiger partial charge in [-0.2, -0.15) is 0 Å². The molecule has 3 amide bonds. The minimum absolute atomic E-state index is 0.0603. The number of nitrogens with zero attached hydrogens (tertiary/aromatic N) is 4. The lowest BCUT2D eigenvalue weighted by Gasteiger charge is -2.40. The SMILES string of the molecule is C=CCN(CCN1CCOCC1)C(=O)C1N([C@@H](CO)Cc2ccccc2)C(=O)[C@@H]2[C@@H](C(=O)N(CC=C)Cc3ccccc3)[C@H]3CCC12S3. The zero-order chi connectivity index (χ0) is 33.7. The third-order valence-electron chi connectivity index (χ3n) is 10.5. The summed E-state index contributed by atoms with van der Waals surface area (Å²) in [4.78, 5) is 52.0. The van der Waals surface area contributed by atoms with Crippen LogP contribution in [0.15, 0.2) is 86.0 Å². The maximum Gasteiger partial charge on any atom is 0.247 e. The van der Waals surface area contributed by atoms with Gasteiger partial charge in [-0.1, -0.05) is 72.8 Å². The Bertz CT molecular complexity index is 1450. The molecule has 2 aromatic rings.